The molecule has 0 saturated carbocycles. The van der Waals surface area contributed by atoms with Gasteiger partial charge in [0.15, 0.2) is 0 Å². The lowest BCUT2D eigenvalue weighted by atomic mass is 10.2. The Labute approximate surface area is 56.7 Å². The van der Waals surface area contributed by atoms with Crippen molar-refractivity contribution >= 4 is 17.1 Å². The number of thiocarbonyl (C=S) groups is 1. The monoisotopic (exact) mass is 131 g/mol. The minimum Gasteiger partial charge on any atom is -0.302 e. The first kappa shape index (κ1) is 8.05. The second-order valence-electron chi connectivity index (χ2n) is 2.25. The van der Waals surface area contributed by atoms with E-state index in [0.717, 1.165) is 4.86 Å². The predicted octanol–water partition coefficient (Wildman–Crippen LogP) is 1.33. The fourth-order valence-electron chi connectivity index (χ4n) is 0.364. The molecule has 0 aliphatic heterocycles. The normalized spacial score (nSPS) is 14.1. The van der Waals surface area contributed by atoms with Gasteiger partial charge in [0.25, 0.3) is 0 Å². The van der Waals surface area contributed by atoms with E-state index in [4.69, 9.17) is 12.2 Å². The molecule has 0 aromatic heterocycles. The molecular formula is C6H13NS. The largest absolute Gasteiger partial charge is 0.302 e. The fourth-order valence-corrected chi connectivity index (χ4v) is 0.574. The first-order chi connectivity index (χ1) is 3.55. The van der Waals surface area contributed by atoms with E-state index in [1.54, 1.807) is 0 Å². The Morgan fingerprint density at radius 3 is 1.88 bits per heavy atom. The quantitative estimate of drug-likeness (QED) is 0.520. The standard InChI is InChI=1S/C6H13NS/c1-5(6(2)8)7(3)4/h5H,1-4H3. The summed E-state index contributed by atoms with van der Waals surface area (Å²) in [5, 5.41) is 0. The van der Waals surface area contributed by atoms with Crippen LogP contribution >= 0.6 is 12.2 Å². The van der Waals surface area contributed by atoms with Crippen LogP contribution in [0.25, 0.3) is 0 Å². The van der Waals surface area contributed by atoms with Gasteiger partial charge in [-0.15, -0.1) is 0 Å². The predicted molar refractivity (Wildman–Crippen MR) is 41.4 cm³/mol. The molecule has 0 bridgehead atoms. The number of hydrogen-bond donors (Lipinski definition) is 0. The summed E-state index contributed by atoms with van der Waals surface area (Å²) >= 11 is 4.95. The van der Waals surface area contributed by atoms with Crippen molar-refractivity contribution < 1.29 is 0 Å². The Bertz CT molecular complexity index is 88.5. The van der Waals surface area contributed by atoms with E-state index < -0.39 is 0 Å². The summed E-state index contributed by atoms with van der Waals surface area (Å²) in [7, 11) is 4.06. The third kappa shape index (κ3) is 2.38. The Morgan fingerprint density at radius 2 is 1.88 bits per heavy atom. The lowest BCUT2D eigenvalue weighted by Crippen LogP contribution is -2.29. The molecule has 0 aromatic carbocycles. The van der Waals surface area contributed by atoms with Crippen LogP contribution in [0.15, 0.2) is 0 Å². The molecule has 0 amide bonds. The average Bonchev–Trinajstić information content (AvgIpc) is 1.64. The smallest absolute Gasteiger partial charge is 0.0374 e. The number of rotatable bonds is 2. The van der Waals surface area contributed by atoms with Crippen molar-refractivity contribution in [1.82, 2.24) is 4.90 Å². The topological polar surface area (TPSA) is 3.24 Å². The summed E-state index contributed by atoms with van der Waals surface area (Å²) < 4.78 is 0. The lowest BCUT2D eigenvalue weighted by Gasteiger charge is -2.17. The van der Waals surface area contributed by atoms with Crippen LogP contribution in [0.1, 0.15) is 13.8 Å². The van der Waals surface area contributed by atoms with Crippen LogP contribution in [0, 0.1) is 0 Å². The van der Waals surface area contributed by atoms with Gasteiger partial charge in [0.05, 0.1) is 0 Å². The van der Waals surface area contributed by atoms with Gasteiger partial charge in [-0.2, -0.15) is 0 Å². The molecule has 0 aromatic rings. The van der Waals surface area contributed by atoms with E-state index in [9.17, 15) is 0 Å². The second-order valence-corrected chi connectivity index (χ2v) is 2.89. The van der Waals surface area contributed by atoms with Crippen molar-refractivity contribution in [1.29, 1.82) is 0 Å². The molecular weight excluding hydrogens is 118 g/mol. The maximum Gasteiger partial charge on any atom is 0.0374 e. The first-order valence-corrected chi connectivity index (χ1v) is 3.13. The molecule has 0 aliphatic rings. The van der Waals surface area contributed by atoms with Crippen LogP contribution in [0.2, 0.25) is 0 Å². The highest BCUT2D eigenvalue weighted by molar-refractivity contribution is 7.80. The lowest BCUT2D eigenvalue weighted by molar-refractivity contribution is 0.383. The summed E-state index contributed by atoms with van der Waals surface area (Å²) in [6, 6.07) is 0.435. The Morgan fingerprint density at radius 1 is 1.50 bits per heavy atom. The highest BCUT2D eigenvalue weighted by atomic mass is 32.1. The van der Waals surface area contributed by atoms with Gasteiger partial charge in [-0.05, 0) is 27.9 Å². The van der Waals surface area contributed by atoms with E-state index in [0.29, 0.717) is 6.04 Å². The summed E-state index contributed by atoms with van der Waals surface area (Å²) in [5.41, 5.74) is 0. The summed E-state index contributed by atoms with van der Waals surface area (Å²) in [4.78, 5) is 3.15. The zero-order valence-corrected chi connectivity index (χ0v) is 6.75. The van der Waals surface area contributed by atoms with Crippen LogP contribution in [-0.2, 0) is 0 Å². The molecule has 0 spiro atoms. The Balaban J connectivity index is 3.64. The Kier molecular flexibility index (Phi) is 3.17. The molecule has 0 heterocycles. The molecule has 8 heavy (non-hydrogen) atoms. The third-order valence-corrected chi connectivity index (χ3v) is 1.70. The van der Waals surface area contributed by atoms with Crippen molar-refractivity contribution in [2.24, 2.45) is 0 Å². The van der Waals surface area contributed by atoms with Gasteiger partial charge in [-0.25, -0.2) is 0 Å². The highest BCUT2D eigenvalue weighted by Crippen LogP contribution is 1.93. The highest BCUT2D eigenvalue weighted by Gasteiger charge is 2.03. The fraction of sp³-hybridized carbons (Fsp3) is 0.833. The van der Waals surface area contributed by atoms with E-state index in [1.165, 1.54) is 0 Å². The summed E-state index contributed by atoms with van der Waals surface area (Å²) in [5.74, 6) is 0. The molecule has 0 rings (SSSR count). The van der Waals surface area contributed by atoms with E-state index in [-0.39, 0.29) is 0 Å². The van der Waals surface area contributed by atoms with Crippen LogP contribution in [0.4, 0.5) is 0 Å². The third-order valence-electron chi connectivity index (χ3n) is 1.36. The van der Waals surface area contributed by atoms with Gasteiger partial charge in [0.1, 0.15) is 0 Å². The molecule has 0 radical (unpaired) electrons. The zero-order chi connectivity index (χ0) is 6.73. The average molecular weight is 131 g/mol. The molecule has 0 saturated heterocycles. The van der Waals surface area contributed by atoms with E-state index in [1.807, 2.05) is 21.0 Å². The first-order valence-electron chi connectivity index (χ1n) is 2.72. The molecule has 0 fully saturated rings. The van der Waals surface area contributed by atoms with Gasteiger partial charge < -0.3 is 4.90 Å². The van der Waals surface area contributed by atoms with Gasteiger partial charge in [0, 0.05) is 10.9 Å². The summed E-state index contributed by atoms with van der Waals surface area (Å²) in [6.07, 6.45) is 0. The molecule has 1 nitrogen and oxygen atoms in total. The van der Waals surface area contributed by atoms with Crippen LogP contribution in [0.3, 0.4) is 0 Å². The van der Waals surface area contributed by atoms with Crippen molar-refractivity contribution in [2.45, 2.75) is 19.9 Å². The van der Waals surface area contributed by atoms with Gasteiger partial charge >= 0.3 is 0 Å². The molecule has 0 aliphatic carbocycles. The molecule has 48 valence electrons. The van der Waals surface area contributed by atoms with Gasteiger partial charge in [-0.1, -0.05) is 12.2 Å². The molecule has 0 N–H and O–H groups in total. The van der Waals surface area contributed by atoms with Crippen molar-refractivity contribution in [3.63, 3.8) is 0 Å². The van der Waals surface area contributed by atoms with Gasteiger partial charge in [-0.3, -0.25) is 0 Å². The maximum atomic E-state index is 4.95. The minimum absolute atomic E-state index is 0.435. The van der Waals surface area contributed by atoms with Crippen LogP contribution in [-0.4, -0.2) is 29.9 Å². The Hall–Kier alpha value is 0.0500. The maximum absolute atomic E-state index is 4.95. The van der Waals surface area contributed by atoms with E-state index in [2.05, 4.69) is 11.8 Å². The summed E-state index contributed by atoms with van der Waals surface area (Å²) in [6.45, 7) is 4.07. The van der Waals surface area contributed by atoms with Crippen molar-refractivity contribution in [3.05, 3.63) is 0 Å². The van der Waals surface area contributed by atoms with Crippen LogP contribution < -0.4 is 0 Å². The number of nitrogens with zero attached hydrogens (tertiary/aromatic N) is 1. The van der Waals surface area contributed by atoms with Gasteiger partial charge in [0.2, 0.25) is 0 Å². The van der Waals surface area contributed by atoms with Crippen LogP contribution in [0.5, 0.6) is 0 Å². The number of hydrogen-bond acceptors (Lipinski definition) is 2. The SMILES string of the molecule is CC(=S)C(C)N(C)C. The second kappa shape index (κ2) is 3.15. The minimum atomic E-state index is 0.435. The van der Waals surface area contributed by atoms with Crippen molar-refractivity contribution in [3.8, 4) is 0 Å². The molecule has 1 atom stereocenters. The van der Waals surface area contributed by atoms with E-state index >= 15 is 0 Å². The van der Waals surface area contributed by atoms with Crippen molar-refractivity contribution in [2.75, 3.05) is 14.1 Å². The zero-order valence-electron chi connectivity index (χ0n) is 5.93. The molecule has 2 heteroatoms. The molecule has 1 unspecified atom stereocenters.